The molecule has 0 aliphatic heterocycles. The third-order valence-electron chi connectivity index (χ3n) is 3.46. The Labute approximate surface area is 102 Å². The van der Waals surface area contributed by atoms with Crippen LogP contribution in [0, 0.1) is 0 Å². The molecule has 0 heterocycles. The molecule has 1 aromatic rings. The first-order chi connectivity index (χ1) is 8.19. The third-order valence-corrected chi connectivity index (χ3v) is 3.46. The fourth-order valence-electron chi connectivity index (χ4n) is 2.63. The van der Waals surface area contributed by atoms with Gasteiger partial charge in [-0.25, -0.2) is 0 Å². The average molecular weight is 236 g/mol. The number of benzene rings is 1. The van der Waals surface area contributed by atoms with Crippen LogP contribution in [-0.4, -0.2) is 19.3 Å². The fraction of sp³-hybridized carbons (Fsp3) is 0.571. The van der Waals surface area contributed by atoms with E-state index in [1.54, 1.807) is 21.1 Å². The molecule has 0 amide bonds. The maximum absolute atomic E-state index is 9.82. The second kappa shape index (κ2) is 4.96. The van der Waals surface area contributed by atoms with E-state index in [0.29, 0.717) is 0 Å². The number of ether oxygens (including phenoxy) is 2. The molecular formula is C14H20O3. The lowest BCUT2D eigenvalue weighted by atomic mass is 9.87. The quantitative estimate of drug-likeness (QED) is 0.876. The average Bonchev–Trinajstić information content (AvgIpc) is 2.36. The van der Waals surface area contributed by atoms with Gasteiger partial charge in [-0.2, -0.15) is 0 Å². The Balaban J connectivity index is 2.63. The number of aliphatic hydroxyl groups is 1. The van der Waals surface area contributed by atoms with Gasteiger partial charge in [-0.05, 0) is 38.7 Å². The highest BCUT2D eigenvalue weighted by Crippen LogP contribution is 2.41. The van der Waals surface area contributed by atoms with E-state index in [9.17, 15) is 5.11 Å². The summed E-state index contributed by atoms with van der Waals surface area (Å²) < 4.78 is 10.9. The highest BCUT2D eigenvalue weighted by molar-refractivity contribution is 5.55. The van der Waals surface area contributed by atoms with Gasteiger partial charge in [-0.1, -0.05) is 0 Å². The molecule has 1 atom stereocenters. The van der Waals surface area contributed by atoms with Gasteiger partial charge in [-0.3, -0.25) is 0 Å². The summed E-state index contributed by atoms with van der Waals surface area (Å²) in [7, 11) is 3.35. The van der Waals surface area contributed by atoms with Gasteiger partial charge in [0.1, 0.15) is 11.5 Å². The molecule has 1 aliphatic carbocycles. The summed E-state index contributed by atoms with van der Waals surface area (Å²) >= 11 is 0. The largest absolute Gasteiger partial charge is 0.496 e. The molecule has 0 radical (unpaired) electrons. The summed E-state index contributed by atoms with van der Waals surface area (Å²) in [6, 6.07) is 1.91. The first-order valence-corrected chi connectivity index (χ1v) is 6.13. The molecule has 0 spiro atoms. The van der Waals surface area contributed by atoms with Crippen molar-refractivity contribution >= 4 is 0 Å². The molecule has 1 unspecified atom stereocenters. The molecule has 1 aliphatic rings. The minimum atomic E-state index is -0.536. The van der Waals surface area contributed by atoms with Gasteiger partial charge in [0.15, 0.2) is 0 Å². The number of methoxy groups -OCH3 is 2. The summed E-state index contributed by atoms with van der Waals surface area (Å²) in [6.07, 6.45) is 3.88. The molecule has 0 aromatic heterocycles. The van der Waals surface area contributed by atoms with E-state index in [4.69, 9.17) is 9.47 Å². The van der Waals surface area contributed by atoms with Crippen LogP contribution in [0.3, 0.4) is 0 Å². The van der Waals surface area contributed by atoms with E-state index in [1.165, 1.54) is 24.0 Å². The van der Waals surface area contributed by atoms with E-state index in [-0.39, 0.29) is 0 Å². The highest BCUT2D eigenvalue weighted by Gasteiger charge is 2.23. The molecule has 0 saturated carbocycles. The van der Waals surface area contributed by atoms with Crippen LogP contribution >= 0.6 is 0 Å². The van der Waals surface area contributed by atoms with Crippen LogP contribution in [0.15, 0.2) is 6.07 Å². The molecule has 0 bridgehead atoms. The van der Waals surface area contributed by atoms with Crippen molar-refractivity contribution in [3.05, 3.63) is 22.8 Å². The van der Waals surface area contributed by atoms with Crippen molar-refractivity contribution in [1.82, 2.24) is 0 Å². The van der Waals surface area contributed by atoms with Crippen LogP contribution in [0.5, 0.6) is 11.5 Å². The van der Waals surface area contributed by atoms with E-state index in [0.717, 1.165) is 29.9 Å². The van der Waals surface area contributed by atoms with Crippen molar-refractivity contribution in [2.75, 3.05) is 14.2 Å². The van der Waals surface area contributed by atoms with Crippen molar-refractivity contribution in [3.8, 4) is 11.5 Å². The molecule has 3 heteroatoms. The molecule has 17 heavy (non-hydrogen) atoms. The van der Waals surface area contributed by atoms with Gasteiger partial charge >= 0.3 is 0 Å². The van der Waals surface area contributed by atoms with Crippen LogP contribution in [0.4, 0.5) is 0 Å². The lowest BCUT2D eigenvalue weighted by molar-refractivity contribution is 0.193. The van der Waals surface area contributed by atoms with Crippen LogP contribution in [0.25, 0.3) is 0 Å². The zero-order valence-corrected chi connectivity index (χ0v) is 10.7. The molecular weight excluding hydrogens is 216 g/mol. The zero-order valence-electron chi connectivity index (χ0n) is 10.7. The number of rotatable bonds is 3. The van der Waals surface area contributed by atoms with E-state index in [1.807, 2.05) is 6.07 Å². The van der Waals surface area contributed by atoms with Gasteiger partial charge in [0, 0.05) is 16.7 Å². The molecule has 1 aromatic carbocycles. The SMILES string of the molecule is COc1cc(C(C)O)c(OC)c2c1CCCC2. The topological polar surface area (TPSA) is 38.7 Å². The standard InChI is InChI=1S/C14H20O3/c1-9(15)12-8-13(16-2)10-6-4-5-7-11(10)14(12)17-3/h8-9,15H,4-7H2,1-3H3. The van der Waals surface area contributed by atoms with Crippen molar-refractivity contribution < 1.29 is 14.6 Å². The smallest absolute Gasteiger partial charge is 0.128 e. The summed E-state index contributed by atoms with van der Waals surface area (Å²) in [5, 5.41) is 9.82. The normalized spacial score (nSPS) is 16.2. The summed E-state index contributed by atoms with van der Waals surface area (Å²) in [5.41, 5.74) is 3.29. The second-order valence-electron chi connectivity index (χ2n) is 4.54. The van der Waals surface area contributed by atoms with Gasteiger partial charge in [-0.15, -0.1) is 0 Å². The summed E-state index contributed by atoms with van der Waals surface area (Å²) in [4.78, 5) is 0. The first-order valence-electron chi connectivity index (χ1n) is 6.13. The molecule has 0 saturated heterocycles. The zero-order chi connectivity index (χ0) is 12.4. The molecule has 94 valence electrons. The highest BCUT2D eigenvalue weighted by atomic mass is 16.5. The summed E-state index contributed by atoms with van der Waals surface area (Å²) in [5.74, 6) is 1.73. The number of hydrogen-bond acceptors (Lipinski definition) is 3. The van der Waals surface area contributed by atoms with Crippen molar-refractivity contribution in [2.45, 2.75) is 38.7 Å². The predicted octanol–water partition coefficient (Wildman–Crippen LogP) is 2.64. The fourth-order valence-corrected chi connectivity index (χ4v) is 2.63. The monoisotopic (exact) mass is 236 g/mol. The third kappa shape index (κ3) is 2.12. The van der Waals surface area contributed by atoms with E-state index in [2.05, 4.69) is 0 Å². The van der Waals surface area contributed by atoms with Gasteiger partial charge in [0.2, 0.25) is 0 Å². The maximum Gasteiger partial charge on any atom is 0.128 e. The second-order valence-corrected chi connectivity index (χ2v) is 4.54. The minimum Gasteiger partial charge on any atom is -0.496 e. The Morgan fingerprint density at radius 3 is 2.29 bits per heavy atom. The Hall–Kier alpha value is -1.22. The van der Waals surface area contributed by atoms with E-state index < -0.39 is 6.10 Å². The first kappa shape index (κ1) is 12.2. The molecule has 0 fully saturated rings. The van der Waals surface area contributed by atoms with Crippen LogP contribution in [0.1, 0.15) is 42.6 Å². The lowest BCUT2D eigenvalue weighted by Crippen LogP contribution is -2.10. The summed E-state index contributed by atoms with van der Waals surface area (Å²) in [6.45, 7) is 1.76. The number of fused-ring (bicyclic) bond motifs is 1. The molecule has 2 rings (SSSR count). The minimum absolute atomic E-state index is 0.536. The van der Waals surface area contributed by atoms with Crippen molar-refractivity contribution in [2.24, 2.45) is 0 Å². The maximum atomic E-state index is 9.82. The van der Waals surface area contributed by atoms with Gasteiger partial charge in [0.05, 0.1) is 20.3 Å². The number of aliphatic hydroxyl groups excluding tert-OH is 1. The Morgan fingerprint density at radius 1 is 1.12 bits per heavy atom. The van der Waals surface area contributed by atoms with Crippen LogP contribution in [-0.2, 0) is 12.8 Å². The van der Waals surface area contributed by atoms with Gasteiger partial charge < -0.3 is 14.6 Å². The predicted molar refractivity (Wildman–Crippen MR) is 66.8 cm³/mol. The van der Waals surface area contributed by atoms with Gasteiger partial charge in [0.25, 0.3) is 0 Å². The van der Waals surface area contributed by atoms with E-state index >= 15 is 0 Å². The number of hydrogen-bond donors (Lipinski definition) is 1. The lowest BCUT2D eigenvalue weighted by Gasteiger charge is -2.24. The Morgan fingerprint density at radius 2 is 1.76 bits per heavy atom. The Bertz CT molecular complexity index is 410. The molecule has 1 N–H and O–H groups in total. The van der Waals surface area contributed by atoms with Crippen LogP contribution in [0.2, 0.25) is 0 Å². The van der Waals surface area contributed by atoms with Crippen LogP contribution < -0.4 is 9.47 Å². The Kier molecular flexibility index (Phi) is 3.57. The van der Waals surface area contributed by atoms with Crippen molar-refractivity contribution in [3.63, 3.8) is 0 Å². The van der Waals surface area contributed by atoms with Crippen molar-refractivity contribution in [1.29, 1.82) is 0 Å². The molecule has 3 nitrogen and oxygen atoms in total.